The molecule has 0 aromatic carbocycles. The van der Waals surface area contributed by atoms with Gasteiger partial charge in [-0.2, -0.15) is 0 Å². The number of ether oxygens (including phenoxy) is 1. The molecule has 19 heavy (non-hydrogen) atoms. The maximum Gasteiger partial charge on any atom is 0.307 e. The van der Waals surface area contributed by atoms with Gasteiger partial charge >= 0.3 is 5.97 Å². The Morgan fingerprint density at radius 2 is 1.63 bits per heavy atom. The van der Waals surface area contributed by atoms with Crippen molar-refractivity contribution in [2.75, 3.05) is 0 Å². The third-order valence-electron chi connectivity index (χ3n) is 3.59. The summed E-state index contributed by atoms with van der Waals surface area (Å²) < 4.78 is 4.72. The van der Waals surface area contributed by atoms with Gasteiger partial charge in [0.25, 0.3) is 0 Å². The molecule has 0 saturated heterocycles. The number of hydrogen-bond donors (Lipinski definition) is 0. The largest absolute Gasteiger partial charge is 0.435 e. The first-order valence-corrected chi connectivity index (χ1v) is 7.99. The Bertz CT molecular complexity index is 233. The van der Waals surface area contributed by atoms with Gasteiger partial charge in [0.1, 0.15) is 0 Å². The zero-order valence-electron chi connectivity index (χ0n) is 13.1. The van der Waals surface area contributed by atoms with Crippen molar-refractivity contribution in [3.8, 4) is 0 Å². The standard InChI is InChI=1S/C17H32O2/c1-4-16(2)14-12-10-8-6-5-7-9-11-13-15-19-17(3)18/h13,15-16H,4-12,14H2,1-3H3. The third kappa shape index (κ3) is 15.2. The van der Waals surface area contributed by atoms with Crippen LogP contribution >= 0.6 is 0 Å². The van der Waals surface area contributed by atoms with E-state index in [-0.39, 0.29) is 5.97 Å². The van der Waals surface area contributed by atoms with Crippen molar-refractivity contribution in [3.63, 3.8) is 0 Å². The van der Waals surface area contributed by atoms with E-state index >= 15 is 0 Å². The molecule has 2 nitrogen and oxygen atoms in total. The van der Waals surface area contributed by atoms with E-state index in [1.54, 1.807) is 0 Å². The van der Waals surface area contributed by atoms with E-state index in [9.17, 15) is 4.79 Å². The molecular weight excluding hydrogens is 236 g/mol. The van der Waals surface area contributed by atoms with E-state index in [1.165, 1.54) is 71.0 Å². The Morgan fingerprint density at radius 3 is 2.21 bits per heavy atom. The summed E-state index contributed by atoms with van der Waals surface area (Å²) in [4.78, 5) is 10.5. The van der Waals surface area contributed by atoms with Crippen LogP contribution in [0.25, 0.3) is 0 Å². The fourth-order valence-corrected chi connectivity index (χ4v) is 2.05. The van der Waals surface area contributed by atoms with Crippen LogP contribution in [0.5, 0.6) is 0 Å². The van der Waals surface area contributed by atoms with Crippen molar-refractivity contribution in [1.82, 2.24) is 0 Å². The average molecular weight is 268 g/mol. The fraction of sp³-hybridized carbons (Fsp3) is 0.824. The predicted octanol–water partition coefficient (Wildman–Crippen LogP) is 5.62. The number of hydrogen-bond acceptors (Lipinski definition) is 2. The van der Waals surface area contributed by atoms with E-state index in [2.05, 4.69) is 13.8 Å². The number of unbranched alkanes of at least 4 members (excludes halogenated alkanes) is 7. The van der Waals surface area contributed by atoms with Gasteiger partial charge in [0.05, 0.1) is 6.26 Å². The topological polar surface area (TPSA) is 26.3 Å². The summed E-state index contributed by atoms with van der Waals surface area (Å²) in [7, 11) is 0. The Balaban J connectivity index is 3.11. The molecule has 0 saturated carbocycles. The lowest BCUT2D eigenvalue weighted by atomic mass is 10.00. The van der Waals surface area contributed by atoms with Gasteiger partial charge in [-0.15, -0.1) is 0 Å². The number of allylic oxidation sites excluding steroid dienone is 1. The molecule has 1 unspecified atom stereocenters. The highest BCUT2D eigenvalue weighted by Crippen LogP contribution is 2.14. The summed E-state index contributed by atoms with van der Waals surface area (Å²) in [5, 5.41) is 0. The van der Waals surface area contributed by atoms with Gasteiger partial charge in [-0.3, -0.25) is 4.79 Å². The van der Waals surface area contributed by atoms with Gasteiger partial charge in [0, 0.05) is 6.92 Å². The summed E-state index contributed by atoms with van der Waals surface area (Å²) in [5.41, 5.74) is 0. The second-order valence-corrected chi connectivity index (χ2v) is 5.55. The van der Waals surface area contributed by atoms with E-state index in [4.69, 9.17) is 4.74 Å². The second kappa shape index (κ2) is 13.6. The van der Waals surface area contributed by atoms with E-state index in [0.29, 0.717) is 0 Å². The highest BCUT2D eigenvalue weighted by molar-refractivity contribution is 5.66. The number of carbonyl (C=O) groups excluding carboxylic acids is 1. The molecule has 0 aromatic rings. The van der Waals surface area contributed by atoms with Crippen LogP contribution in [0, 0.1) is 5.92 Å². The maximum absolute atomic E-state index is 10.5. The Morgan fingerprint density at radius 1 is 1.05 bits per heavy atom. The minimum absolute atomic E-state index is 0.242. The predicted molar refractivity (Wildman–Crippen MR) is 81.9 cm³/mol. The molecule has 112 valence electrons. The van der Waals surface area contributed by atoms with Crippen molar-refractivity contribution < 1.29 is 9.53 Å². The summed E-state index contributed by atoms with van der Waals surface area (Å²) in [6.45, 7) is 6.05. The highest BCUT2D eigenvalue weighted by Gasteiger charge is 1.98. The second-order valence-electron chi connectivity index (χ2n) is 5.55. The Hall–Kier alpha value is -0.790. The minimum Gasteiger partial charge on any atom is -0.435 e. The molecule has 0 spiro atoms. The van der Waals surface area contributed by atoms with Crippen LogP contribution in [0.1, 0.15) is 85.0 Å². The highest BCUT2D eigenvalue weighted by atomic mass is 16.5. The van der Waals surface area contributed by atoms with Gasteiger partial charge in [-0.25, -0.2) is 0 Å². The van der Waals surface area contributed by atoms with Gasteiger partial charge in [0.15, 0.2) is 0 Å². The molecule has 0 rings (SSSR count). The molecule has 0 aliphatic rings. The molecule has 1 atom stereocenters. The zero-order chi connectivity index (χ0) is 14.3. The summed E-state index contributed by atoms with van der Waals surface area (Å²) >= 11 is 0. The maximum atomic E-state index is 10.5. The molecule has 0 fully saturated rings. The molecule has 0 N–H and O–H groups in total. The number of rotatable bonds is 12. The summed E-state index contributed by atoms with van der Waals surface area (Å²) in [5.74, 6) is 0.664. The van der Waals surface area contributed by atoms with Crippen molar-refractivity contribution in [3.05, 3.63) is 12.3 Å². The molecule has 0 bridgehead atoms. The van der Waals surface area contributed by atoms with Gasteiger partial charge in [-0.1, -0.05) is 65.2 Å². The lowest BCUT2D eigenvalue weighted by Crippen LogP contribution is -1.91. The van der Waals surface area contributed by atoms with Crippen LogP contribution in [-0.2, 0) is 9.53 Å². The van der Waals surface area contributed by atoms with E-state index in [0.717, 1.165) is 12.3 Å². The van der Waals surface area contributed by atoms with Crippen LogP contribution in [-0.4, -0.2) is 5.97 Å². The number of esters is 1. The zero-order valence-corrected chi connectivity index (χ0v) is 13.1. The van der Waals surface area contributed by atoms with E-state index < -0.39 is 0 Å². The Labute approximate surface area is 119 Å². The molecule has 0 aliphatic carbocycles. The first-order valence-electron chi connectivity index (χ1n) is 7.99. The lowest BCUT2D eigenvalue weighted by molar-refractivity contribution is -0.135. The first kappa shape index (κ1) is 18.2. The SMILES string of the molecule is CCC(C)CCCCCCCCCC=COC(C)=O. The molecular formula is C17H32O2. The monoisotopic (exact) mass is 268 g/mol. The summed E-state index contributed by atoms with van der Waals surface area (Å²) in [6.07, 6.45) is 16.6. The van der Waals surface area contributed by atoms with Gasteiger partial charge in [0.2, 0.25) is 0 Å². The quantitative estimate of drug-likeness (QED) is 0.261. The average Bonchev–Trinajstić information content (AvgIpc) is 2.39. The molecule has 0 radical (unpaired) electrons. The third-order valence-corrected chi connectivity index (χ3v) is 3.59. The van der Waals surface area contributed by atoms with Crippen LogP contribution < -0.4 is 0 Å². The van der Waals surface area contributed by atoms with Crippen molar-refractivity contribution in [1.29, 1.82) is 0 Å². The smallest absolute Gasteiger partial charge is 0.307 e. The van der Waals surface area contributed by atoms with Crippen molar-refractivity contribution in [2.24, 2.45) is 5.92 Å². The number of carbonyl (C=O) groups is 1. The van der Waals surface area contributed by atoms with Gasteiger partial charge < -0.3 is 4.74 Å². The normalized spacial score (nSPS) is 12.8. The van der Waals surface area contributed by atoms with Crippen LogP contribution in [0.3, 0.4) is 0 Å². The van der Waals surface area contributed by atoms with Crippen molar-refractivity contribution >= 4 is 5.97 Å². The molecule has 0 aromatic heterocycles. The van der Waals surface area contributed by atoms with E-state index in [1.807, 2.05) is 6.08 Å². The van der Waals surface area contributed by atoms with Crippen LogP contribution in [0.2, 0.25) is 0 Å². The summed E-state index contributed by atoms with van der Waals surface area (Å²) in [6, 6.07) is 0. The molecule has 0 aliphatic heterocycles. The van der Waals surface area contributed by atoms with Crippen LogP contribution in [0.15, 0.2) is 12.3 Å². The molecule has 0 amide bonds. The first-order chi connectivity index (χ1) is 9.16. The van der Waals surface area contributed by atoms with Crippen molar-refractivity contribution in [2.45, 2.75) is 85.0 Å². The molecule has 0 heterocycles. The van der Waals surface area contributed by atoms with Gasteiger partial charge in [-0.05, 0) is 24.8 Å². The molecule has 2 heteroatoms. The van der Waals surface area contributed by atoms with Crippen LogP contribution in [0.4, 0.5) is 0 Å². The fourth-order valence-electron chi connectivity index (χ4n) is 2.05. The lowest BCUT2D eigenvalue weighted by Gasteiger charge is -2.07. The minimum atomic E-state index is -0.242. The Kier molecular flexibility index (Phi) is 13.1.